The molecule has 1 heterocycles. The van der Waals surface area contributed by atoms with Gasteiger partial charge in [-0.1, -0.05) is 0 Å². The molecular formula is C19H15F4N3O4. The van der Waals surface area contributed by atoms with Gasteiger partial charge in [0.15, 0.2) is 35.5 Å². The van der Waals surface area contributed by atoms with Crippen LogP contribution in [0, 0.1) is 11.6 Å². The third-order valence-electron chi connectivity index (χ3n) is 3.76. The van der Waals surface area contributed by atoms with E-state index in [1.165, 1.54) is 42.3 Å². The Kier molecular flexibility index (Phi) is 6.40. The number of benzene rings is 2. The quantitative estimate of drug-likeness (QED) is 0.551. The summed E-state index contributed by atoms with van der Waals surface area (Å²) in [6, 6.07) is 8.16. The van der Waals surface area contributed by atoms with Gasteiger partial charge in [-0.2, -0.15) is 13.9 Å². The molecule has 0 fully saturated rings. The van der Waals surface area contributed by atoms with Crippen LogP contribution in [0.2, 0.25) is 0 Å². The number of aromatic nitrogens is 2. The highest BCUT2D eigenvalue weighted by Crippen LogP contribution is 2.31. The molecule has 0 bridgehead atoms. The molecule has 0 unspecified atom stereocenters. The second-order valence-electron chi connectivity index (χ2n) is 5.79. The molecule has 0 atom stereocenters. The molecule has 30 heavy (non-hydrogen) atoms. The molecule has 0 saturated heterocycles. The first-order chi connectivity index (χ1) is 14.4. The zero-order valence-electron chi connectivity index (χ0n) is 15.4. The second kappa shape index (κ2) is 9.16. The lowest BCUT2D eigenvalue weighted by atomic mass is 10.2. The van der Waals surface area contributed by atoms with Gasteiger partial charge in [-0.3, -0.25) is 4.79 Å². The Balaban J connectivity index is 1.63. The van der Waals surface area contributed by atoms with Crippen LogP contribution in [-0.2, 0) is 6.73 Å². The number of methoxy groups -OCH3 is 1. The molecule has 0 aliphatic heterocycles. The van der Waals surface area contributed by atoms with E-state index in [1.54, 1.807) is 0 Å². The first-order valence-electron chi connectivity index (χ1n) is 8.41. The van der Waals surface area contributed by atoms with Crippen LogP contribution >= 0.6 is 0 Å². The molecule has 0 saturated carbocycles. The average molecular weight is 425 g/mol. The summed E-state index contributed by atoms with van der Waals surface area (Å²) in [6.07, 6.45) is 1.43. The predicted molar refractivity (Wildman–Crippen MR) is 96.8 cm³/mol. The van der Waals surface area contributed by atoms with Crippen molar-refractivity contribution in [1.82, 2.24) is 9.78 Å². The number of nitrogens with one attached hydrogen (secondary N) is 1. The lowest BCUT2D eigenvalue weighted by Gasteiger charge is -2.11. The lowest BCUT2D eigenvalue weighted by Crippen LogP contribution is -2.14. The fourth-order valence-corrected chi connectivity index (χ4v) is 2.42. The molecule has 0 radical (unpaired) electrons. The maximum atomic E-state index is 13.6. The SMILES string of the molecule is COc1cc(NC(=O)c2ccn(COc3ccc(F)cc3F)n2)ccc1OC(F)F. The van der Waals surface area contributed by atoms with Crippen molar-refractivity contribution in [1.29, 1.82) is 0 Å². The van der Waals surface area contributed by atoms with Gasteiger partial charge >= 0.3 is 6.61 Å². The van der Waals surface area contributed by atoms with Crippen LogP contribution in [0.15, 0.2) is 48.7 Å². The molecule has 0 aliphatic rings. The second-order valence-corrected chi connectivity index (χ2v) is 5.79. The molecule has 7 nitrogen and oxygen atoms in total. The number of nitrogens with zero attached hydrogens (tertiary/aromatic N) is 2. The maximum absolute atomic E-state index is 13.6. The summed E-state index contributed by atoms with van der Waals surface area (Å²) in [5.41, 5.74) is 0.280. The van der Waals surface area contributed by atoms with Crippen LogP contribution in [0.3, 0.4) is 0 Å². The molecule has 1 amide bonds. The molecule has 2 aromatic carbocycles. The van der Waals surface area contributed by atoms with Gasteiger partial charge in [-0.25, -0.2) is 13.5 Å². The van der Waals surface area contributed by atoms with Crippen molar-refractivity contribution in [2.24, 2.45) is 0 Å². The summed E-state index contributed by atoms with van der Waals surface area (Å²) in [5, 5.41) is 6.53. The Morgan fingerprint density at radius 2 is 1.87 bits per heavy atom. The third-order valence-corrected chi connectivity index (χ3v) is 3.76. The van der Waals surface area contributed by atoms with Crippen LogP contribution in [-0.4, -0.2) is 29.4 Å². The van der Waals surface area contributed by atoms with E-state index in [0.29, 0.717) is 6.07 Å². The highest BCUT2D eigenvalue weighted by atomic mass is 19.3. The Morgan fingerprint density at radius 3 is 2.57 bits per heavy atom. The lowest BCUT2D eigenvalue weighted by molar-refractivity contribution is -0.0512. The van der Waals surface area contributed by atoms with E-state index in [1.807, 2.05) is 0 Å². The topological polar surface area (TPSA) is 74.6 Å². The van der Waals surface area contributed by atoms with Crippen LogP contribution < -0.4 is 19.5 Å². The minimum Gasteiger partial charge on any atom is -0.493 e. The molecule has 1 aromatic heterocycles. The van der Waals surface area contributed by atoms with Crippen molar-refractivity contribution in [3.8, 4) is 17.2 Å². The molecule has 1 N–H and O–H groups in total. The van der Waals surface area contributed by atoms with Crippen LogP contribution in [0.5, 0.6) is 17.2 Å². The normalized spacial score (nSPS) is 10.7. The smallest absolute Gasteiger partial charge is 0.387 e. The van der Waals surface area contributed by atoms with Gasteiger partial charge in [0.05, 0.1) is 7.11 Å². The first-order valence-corrected chi connectivity index (χ1v) is 8.41. The standard InChI is InChI=1S/C19H15F4N3O4/c1-28-17-9-12(3-5-16(17)30-19(22)23)24-18(27)14-6-7-26(25-14)10-29-15-4-2-11(20)8-13(15)21/h2-9,19H,10H2,1H3,(H,24,27). The number of rotatable bonds is 8. The first kappa shape index (κ1) is 21.0. The summed E-state index contributed by atoms with van der Waals surface area (Å²) in [4.78, 5) is 12.3. The maximum Gasteiger partial charge on any atom is 0.387 e. The van der Waals surface area contributed by atoms with E-state index in [4.69, 9.17) is 9.47 Å². The third kappa shape index (κ3) is 5.19. The molecule has 11 heteroatoms. The van der Waals surface area contributed by atoms with E-state index < -0.39 is 24.2 Å². The number of halogens is 4. The average Bonchev–Trinajstić information content (AvgIpc) is 3.17. The van der Waals surface area contributed by atoms with Gasteiger partial charge in [0.1, 0.15) is 5.82 Å². The Bertz CT molecular complexity index is 1040. The van der Waals surface area contributed by atoms with Gasteiger partial charge < -0.3 is 19.5 Å². The van der Waals surface area contributed by atoms with Crippen molar-refractivity contribution in [2.75, 3.05) is 12.4 Å². The van der Waals surface area contributed by atoms with E-state index in [9.17, 15) is 22.4 Å². The summed E-state index contributed by atoms with van der Waals surface area (Å²) in [5.74, 6) is -2.53. The summed E-state index contributed by atoms with van der Waals surface area (Å²) >= 11 is 0. The van der Waals surface area contributed by atoms with E-state index in [2.05, 4.69) is 15.2 Å². The van der Waals surface area contributed by atoms with Crippen LogP contribution in [0.25, 0.3) is 0 Å². The van der Waals surface area contributed by atoms with E-state index in [0.717, 1.165) is 12.1 Å². The zero-order valence-corrected chi connectivity index (χ0v) is 15.4. The van der Waals surface area contributed by atoms with Gasteiger partial charge in [-0.15, -0.1) is 0 Å². The van der Waals surface area contributed by atoms with Gasteiger partial charge in [0.2, 0.25) is 0 Å². The number of hydrogen-bond donors (Lipinski definition) is 1. The van der Waals surface area contributed by atoms with Crippen molar-refractivity contribution < 1.29 is 36.6 Å². The van der Waals surface area contributed by atoms with Gasteiger partial charge in [0.25, 0.3) is 5.91 Å². The molecular weight excluding hydrogens is 410 g/mol. The van der Waals surface area contributed by atoms with Crippen molar-refractivity contribution in [3.63, 3.8) is 0 Å². The fourth-order valence-electron chi connectivity index (χ4n) is 2.42. The van der Waals surface area contributed by atoms with E-state index in [-0.39, 0.29) is 35.4 Å². The van der Waals surface area contributed by atoms with Crippen molar-refractivity contribution in [3.05, 3.63) is 66.0 Å². The van der Waals surface area contributed by atoms with Crippen LogP contribution in [0.4, 0.5) is 23.2 Å². The monoisotopic (exact) mass is 425 g/mol. The predicted octanol–water partition coefficient (Wildman–Crippen LogP) is 4.06. The summed E-state index contributed by atoms with van der Waals surface area (Å²) < 4.78 is 66.9. The zero-order chi connectivity index (χ0) is 21.7. The van der Waals surface area contributed by atoms with Crippen molar-refractivity contribution in [2.45, 2.75) is 13.3 Å². The van der Waals surface area contributed by atoms with Gasteiger partial charge in [0, 0.05) is 24.0 Å². The number of amides is 1. The summed E-state index contributed by atoms with van der Waals surface area (Å²) in [7, 11) is 1.27. The Hall–Kier alpha value is -3.76. The number of ether oxygens (including phenoxy) is 3. The number of carbonyl (C=O) groups excluding carboxylic acids is 1. The number of hydrogen-bond acceptors (Lipinski definition) is 5. The Morgan fingerprint density at radius 1 is 1.10 bits per heavy atom. The van der Waals surface area contributed by atoms with Crippen LogP contribution in [0.1, 0.15) is 10.5 Å². The van der Waals surface area contributed by atoms with E-state index >= 15 is 0 Å². The molecule has 3 rings (SSSR count). The highest BCUT2D eigenvalue weighted by Gasteiger charge is 2.14. The number of carbonyl (C=O) groups is 1. The summed E-state index contributed by atoms with van der Waals surface area (Å²) in [6.45, 7) is -3.24. The van der Waals surface area contributed by atoms with Crippen molar-refractivity contribution >= 4 is 11.6 Å². The Labute approximate surface area is 167 Å². The minimum atomic E-state index is -3.02. The number of anilines is 1. The molecule has 0 aliphatic carbocycles. The molecule has 158 valence electrons. The molecule has 0 spiro atoms. The largest absolute Gasteiger partial charge is 0.493 e. The minimum absolute atomic E-state index is 0.00774. The number of alkyl halides is 2. The fraction of sp³-hybridized carbons (Fsp3) is 0.158. The van der Waals surface area contributed by atoms with Gasteiger partial charge in [-0.05, 0) is 30.3 Å². The highest BCUT2D eigenvalue weighted by molar-refractivity contribution is 6.02. The molecule has 3 aromatic rings.